The minimum Gasteiger partial charge on any atom is -0.462 e. The molecule has 0 aliphatic heterocycles. The molecule has 2 aromatic carbocycles. The first-order valence-corrected chi connectivity index (χ1v) is 9.57. The van der Waals surface area contributed by atoms with Crippen molar-refractivity contribution in [2.75, 3.05) is 18.5 Å². The molecule has 7 nitrogen and oxygen atoms in total. The van der Waals surface area contributed by atoms with Crippen LogP contribution in [0.25, 0.3) is 10.2 Å². The number of rotatable bonds is 6. The maximum absolute atomic E-state index is 12.1. The van der Waals surface area contributed by atoms with Crippen LogP contribution in [0.15, 0.2) is 42.5 Å². The third-order valence-electron chi connectivity index (χ3n) is 3.66. The van der Waals surface area contributed by atoms with Gasteiger partial charge in [0.25, 0.3) is 5.91 Å². The fourth-order valence-electron chi connectivity index (χ4n) is 2.35. The molecule has 2 N–H and O–H groups in total. The summed E-state index contributed by atoms with van der Waals surface area (Å²) in [6.07, 6.45) is 0. The molecular weight excluding hydrogens is 402 g/mol. The minimum absolute atomic E-state index is 0.203. The molecule has 1 aromatic heterocycles. The molecule has 0 bridgehead atoms. The molecule has 0 spiro atoms. The summed E-state index contributed by atoms with van der Waals surface area (Å²) in [5.41, 5.74) is 1.48. The number of hydrogen-bond donors (Lipinski definition) is 2. The summed E-state index contributed by atoms with van der Waals surface area (Å²) < 4.78 is 5.72. The van der Waals surface area contributed by atoms with E-state index in [9.17, 15) is 14.4 Å². The first kappa shape index (κ1) is 19.8. The number of nitrogens with one attached hydrogen (secondary N) is 2. The molecule has 2 amide bonds. The molecule has 3 aromatic rings. The standard InChI is InChI=1S/C19H16ClN3O4S/c1-2-27-18(26)12-5-8-14-15(9-12)28-19(22-14)23-16(24)10-21-17(25)11-3-6-13(20)7-4-11/h3-9H,2,10H2,1H3,(H,21,25)(H,22,23,24). The Hall–Kier alpha value is -2.97. The molecule has 0 aliphatic rings. The summed E-state index contributed by atoms with van der Waals surface area (Å²) in [7, 11) is 0. The van der Waals surface area contributed by atoms with Crippen LogP contribution in [0.2, 0.25) is 5.02 Å². The second-order valence-electron chi connectivity index (χ2n) is 5.66. The maximum atomic E-state index is 12.1. The van der Waals surface area contributed by atoms with Crippen LogP contribution >= 0.6 is 22.9 Å². The monoisotopic (exact) mass is 417 g/mol. The number of halogens is 1. The van der Waals surface area contributed by atoms with E-state index in [1.807, 2.05) is 0 Å². The van der Waals surface area contributed by atoms with Crippen molar-refractivity contribution in [2.24, 2.45) is 0 Å². The summed E-state index contributed by atoms with van der Waals surface area (Å²) in [5.74, 6) is -1.20. The zero-order valence-electron chi connectivity index (χ0n) is 14.8. The number of anilines is 1. The van der Waals surface area contributed by atoms with Gasteiger partial charge in [0.1, 0.15) is 0 Å². The average molecular weight is 418 g/mol. The second kappa shape index (κ2) is 8.81. The highest BCUT2D eigenvalue weighted by atomic mass is 35.5. The van der Waals surface area contributed by atoms with Gasteiger partial charge in [0, 0.05) is 10.6 Å². The number of fused-ring (bicyclic) bond motifs is 1. The van der Waals surface area contributed by atoms with Crippen molar-refractivity contribution in [1.29, 1.82) is 0 Å². The van der Waals surface area contributed by atoms with Crippen molar-refractivity contribution in [1.82, 2.24) is 10.3 Å². The van der Waals surface area contributed by atoms with Gasteiger partial charge in [-0.15, -0.1) is 0 Å². The molecule has 0 fully saturated rings. The number of thiazole rings is 1. The van der Waals surface area contributed by atoms with Crippen molar-refractivity contribution in [3.63, 3.8) is 0 Å². The largest absolute Gasteiger partial charge is 0.462 e. The van der Waals surface area contributed by atoms with E-state index < -0.39 is 11.9 Å². The zero-order chi connectivity index (χ0) is 20.1. The number of ether oxygens (including phenoxy) is 1. The van der Waals surface area contributed by atoms with E-state index in [1.54, 1.807) is 49.4 Å². The number of nitrogens with zero attached hydrogens (tertiary/aromatic N) is 1. The number of benzene rings is 2. The number of hydrogen-bond acceptors (Lipinski definition) is 6. The average Bonchev–Trinajstić information content (AvgIpc) is 3.08. The highest BCUT2D eigenvalue weighted by Crippen LogP contribution is 2.27. The third kappa shape index (κ3) is 4.85. The highest BCUT2D eigenvalue weighted by molar-refractivity contribution is 7.22. The van der Waals surface area contributed by atoms with Crippen LogP contribution in [-0.4, -0.2) is 35.9 Å². The smallest absolute Gasteiger partial charge is 0.338 e. The van der Waals surface area contributed by atoms with Gasteiger partial charge in [0.05, 0.1) is 28.9 Å². The van der Waals surface area contributed by atoms with Crippen LogP contribution in [0.5, 0.6) is 0 Å². The normalized spacial score (nSPS) is 10.5. The summed E-state index contributed by atoms with van der Waals surface area (Å²) in [6.45, 7) is 1.83. The predicted molar refractivity (Wildman–Crippen MR) is 108 cm³/mol. The molecule has 0 saturated carbocycles. The summed E-state index contributed by atoms with van der Waals surface area (Å²) in [6, 6.07) is 11.3. The molecule has 0 saturated heterocycles. The number of carbonyl (C=O) groups is 3. The van der Waals surface area contributed by atoms with Crippen molar-refractivity contribution in [2.45, 2.75) is 6.92 Å². The van der Waals surface area contributed by atoms with Crippen molar-refractivity contribution < 1.29 is 19.1 Å². The molecule has 0 radical (unpaired) electrons. The first-order chi connectivity index (χ1) is 13.5. The van der Waals surface area contributed by atoms with Crippen LogP contribution in [-0.2, 0) is 9.53 Å². The maximum Gasteiger partial charge on any atom is 0.338 e. The Bertz CT molecular complexity index is 1030. The fraction of sp³-hybridized carbons (Fsp3) is 0.158. The highest BCUT2D eigenvalue weighted by Gasteiger charge is 2.13. The van der Waals surface area contributed by atoms with E-state index >= 15 is 0 Å². The lowest BCUT2D eigenvalue weighted by molar-refractivity contribution is -0.115. The zero-order valence-corrected chi connectivity index (χ0v) is 16.4. The molecule has 28 heavy (non-hydrogen) atoms. The van der Waals surface area contributed by atoms with E-state index in [-0.39, 0.29) is 12.5 Å². The Kier molecular flexibility index (Phi) is 6.23. The summed E-state index contributed by atoms with van der Waals surface area (Å²) >= 11 is 7.01. The molecule has 0 atom stereocenters. The van der Waals surface area contributed by atoms with E-state index in [4.69, 9.17) is 16.3 Å². The van der Waals surface area contributed by atoms with Crippen LogP contribution in [0, 0.1) is 0 Å². The fourth-order valence-corrected chi connectivity index (χ4v) is 3.39. The molecule has 0 unspecified atom stereocenters. The molecule has 144 valence electrons. The summed E-state index contributed by atoms with van der Waals surface area (Å²) in [4.78, 5) is 40.2. The molecule has 1 heterocycles. The van der Waals surface area contributed by atoms with Crippen LogP contribution in [0.3, 0.4) is 0 Å². The molecule has 0 aliphatic carbocycles. The Morgan fingerprint density at radius 2 is 1.82 bits per heavy atom. The van der Waals surface area contributed by atoms with Gasteiger partial charge < -0.3 is 15.4 Å². The molecular formula is C19H16ClN3O4S. The second-order valence-corrected chi connectivity index (χ2v) is 7.13. The Morgan fingerprint density at radius 3 is 2.54 bits per heavy atom. The number of carbonyl (C=O) groups excluding carboxylic acids is 3. The molecule has 3 rings (SSSR count). The van der Waals surface area contributed by atoms with Crippen LogP contribution in [0.1, 0.15) is 27.6 Å². The third-order valence-corrected chi connectivity index (χ3v) is 4.85. The van der Waals surface area contributed by atoms with Crippen molar-refractivity contribution in [3.05, 3.63) is 58.6 Å². The number of amides is 2. The number of esters is 1. The SMILES string of the molecule is CCOC(=O)c1ccc2nc(NC(=O)CNC(=O)c3ccc(Cl)cc3)sc2c1. The van der Waals surface area contributed by atoms with Crippen molar-refractivity contribution in [3.8, 4) is 0 Å². The van der Waals surface area contributed by atoms with Gasteiger partial charge in [0.15, 0.2) is 5.13 Å². The van der Waals surface area contributed by atoms with Crippen LogP contribution < -0.4 is 10.6 Å². The Balaban J connectivity index is 1.60. The van der Waals surface area contributed by atoms with Gasteiger partial charge in [-0.2, -0.15) is 0 Å². The van der Waals surface area contributed by atoms with Gasteiger partial charge in [-0.1, -0.05) is 22.9 Å². The topological polar surface area (TPSA) is 97.4 Å². The quantitative estimate of drug-likeness (QED) is 0.598. The van der Waals surface area contributed by atoms with Gasteiger partial charge in [-0.25, -0.2) is 9.78 Å². The minimum atomic E-state index is -0.410. The Morgan fingerprint density at radius 1 is 1.11 bits per heavy atom. The van der Waals surface area contributed by atoms with E-state index in [2.05, 4.69) is 15.6 Å². The van der Waals surface area contributed by atoms with Gasteiger partial charge in [0.2, 0.25) is 5.91 Å². The van der Waals surface area contributed by atoms with Gasteiger partial charge in [-0.05, 0) is 49.4 Å². The summed E-state index contributed by atoms with van der Waals surface area (Å²) in [5, 5.41) is 6.07. The Labute approximate surface area is 169 Å². The van der Waals surface area contributed by atoms with Crippen LogP contribution in [0.4, 0.5) is 5.13 Å². The predicted octanol–water partition coefficient (Wildman–Crippen LogP) is 3.49. The van der Waals surface area contributed by atoms with Crippen molar-refractivity contribution >= 4 is 56.1 Å². The molecule has 9 heteroatoms. The lowest BCUT2D eigenvalue weighted by Crippen LogP contribution is -2.32. The van der Waals surface area contributed by atoms with E-state index in [1.165, 1.54) is 11.3 Å². The lowest BCUT2D eigenvalue weighted by Gasteiger charge is -2.05. The van der Waals surface area contributed by atoms with E-state index in [0.29, 0.717) is 33.4 Å². The lowest BCUT2D eigenvalue weighted by atomic mass is 10.2. The first-order valence-electron chi connectivity index (χ1n) is 8.37. The van der Waals surface area contributed by atoms with Gasteiger partial charge >= 0.3 is 5.97 Å². The number of aromatic nitrogens is 1. The van der Waals surface area contributed by atoms with Gasteiger partial charge in [-0.3, -0.25) is 9.59 Å². The van der Waals surface area contributed by atoms with E-state index in [0.717, 1.165) is 4.70 Å².